The highest BCUT2D eigenvalue weighted by Gasteiger charge is 2.25. The fraction of sp³-hybridized carbons (Fsp3) is 0.357. The van der Waals surface area contributed by atoms with Crippen LogP contribution in [0.5, 0.6) is 0 Å². The minimum absolute atomic E-state index is 0.153. The molecule has 2 rings (SSSR count). The molecular formula is C14H15Cl2FN4O3. The second-order valence-electron chi connectivity index (χ2n) is 4.86. The molecule has 2 unspecified atom stereocenters. The Kier molecular flexibility index (Phi) is 6.50. The van der Waals surface area contributed by atoms with Gasteiger partial charge in [0, 0.05) is 5.56 Å². The van der Waals surface area contributed by atoms with Crippen LogP contribution in [0.25, 0.3) is 11.5 Å². The number of amides is 1. The molecule has 10 heteroatoms. The van der Waals surface area contributed by atoms with Crippen molar-refractivity contribution in [1.29, 1.82) is 0 Å². The molecule has 0 saturated carbocycles. The monoisotopic (exact) mass is 376 g/mol. The average molecular weight is 377 g/mol. The third-order valence-electron chi connectivity index (χ3n) is 3.22. The van der Waals surface area contributed by atoms with E-state index < -0.39 is 29.6 Å². The van der Waals surface area contributed by atoms with Crippen LogP contribution in [-0.2, 0) is 11.3 Å². The van der Waals surface area contributed by atoms with Gasteiger partial charge in [-0.15, -0.1) is 0 Å². The van der Waals surface area contributed by atoms with E-state index in [2.05, 4.69) is 15.5 Å². The minimum atomic E-state index is -1.34. The lowest BCUT2D eigenvalue weighted by Gasteiger charge is -2.22. The highest BCUT2D eigenvalue weighted by Crippen LogP contribution is 2.23. The van der Waals surface area contributed by atoms with Crippen molar-refractivity contribution in [2.45, 2.75) is 23.5 Å². The van der Waals surface area contributed by atoms with E-state index in [1.807, 2.05) is 0 Å². The molecule has 0 spiro atoms. The van der Waals surface area contributed by atoms with Gasteiger partial charge in [0.05, 0.1) is 12.6 Å². The first-order valence-corrected chi connectivity index (χ1v) is 7.79. The lowest BCUT2D eigenvalue weighted by molar-refractivity contribution is -0.121. The molecule has 2 aromatic rings. The van der Waals surface area contributed by atoms with Crippen LogP contribution in [0.4, 0.5) is 4.39 Å². The van der Waals surface area contributed by atoms with E-state index in [0.29, 0.717) is 17.0 Å². The van der Waals surface area contributed by atoms with Crippen LogP contribution in [0, 0.1) is 0 Å². The Morgan fingerprint density at radius 3 is 2.54 bits per heavy atom. The summed E-state index contributed by atoms with van der Waals surface area (Å²) in [5, 5.41) is 16.1. The van der Waals surface area contributed by atoms with Gasteiger partial charge < -0.3 is 20.7 Å². The number of rotatable bonds is 7. The normalized spacial score (nSPS) is 13.8. The van der Waals surface area contributed by atoms with E-state index in [1.165, 1.54) is 0 Å². The summed E-state index contributed by atoms with van der Waals surface area (Å²) in [6.45, 7) is -0.834. The fourth-order valence-corrected chi connectivity index (χ4v) is 2.08. The standard InChI is InChI=1S/C14H15Cl2FN4O3/c15-12(16)13(23)19-9(5-17)11(22)7-1-3-8(4-2-7)14-20-10(6-18)21-24-14/h1-4,9,11-12,22H,5-6,18H2,(H,19,23). The molecule has 1 aromatic heterocycles. The van der Waals surface area contributed by atoms with E-state index >= 15 is 0 Å². The SMILES string of the molecule is NCc1noc(-c2ccc(C(O)C(CF)NC(=O)C(Cl)Cl)cc2)n1. The molecule has 24 heavy (non-hydrogen) atoms. The quantitative estimate of drug-likeness (QED) is 0.630. The molecule has 7 nitrogen and oxygen atoms in total. The van der Waals surface area contributed by atoms with Crippen LogP contribution < -0.4 is 11.1 Å². The molecular weight excluding hydrogens is 362 g/mol. The summed E-state index contributed by atoms with van der Waals surface area (Å²) < 4.78 is 18.1. The van der Waals surface area contributed by atoms with E-state index in [1.54, 1.807) is 24.3 Å². The van der Waals surface area contributed by atoms with Gasteiger partial charge in [0.15, 0.2) is 10.7 Å². The van der Waals surface area contributed by atoms with Gasteiger partial charge in [-0.2, -0.15) is 4.98 Å². The number of carbonyl (C=O) groups is 1. The van der Waals surface area contributed by atoms with Gasteiger partial charge in [-0.1, -0.05) is 40.5 Å². The second kappa shape index (κ2) is 8.39. The van der Waals surface area contributed by atoms with Crippen LogP contribution in [0.1, 0.15) is 17.5 Å². The maximum Gasteiger partial charge on any atom is 0.257 e. The molecule has 130 valence electrons. The van der Waals surface area contributed by atoms with Gasteiger partial charge >= 0.3 is 0 Å². The van der Waals surface area contributed by atoms with Gasteiger partial charge in [0.1, 0.15) is 12.8 Å². The predicted molar refractivity (Wildman–Crippen MR) is 86.0 cm³/mol. The van der Waals surface area contributed by atoms with Crippen LogP contribution in [-0.4, -0.2) is 38.7 Å². The van der Waals surface area contributed by atoms with E-state index in [0.717, 1.165) is 0 Å². The Morgan fingerprint density at radius 2 is 2.04 bits per heavy atom. The van der Waals surface area contributed by atoms with Gasteiger partial charge in [-0.05, 0) is 17.7 Å². The summed E-state index contributed by atoms with van der Waals surface area (Å²) in [6.07, 6.45) is -1.28. The third kappa shape index (κ3) is 4.41. The van der Waals surface area contributed by atoms with Gasteiger partial charge in [0.25, 0.3) is 11.8 Å². The Hall–Kier alpha value is -1.74. The molecule has 0 aliphatic carbocycles. The van der Waals surface area contributed by atoms with Crippen molar-refractivity contribution >= 4 is 29.1 Å². The molecule has 0 fully saturated rings. The van der Waals surface area contributed by atoms with Crippen LogP contribution in [0.3, 0.4) is 0 Å². The van der Waals surface area contributed by atoms with E-state index in [-0.39, 0.29) is 12.4 Å². The first kappa shape index (κ1) is 18.6. The number of hydrogen-bond acceptors (Lipinski definition) is 6. The topological polar surface area (TPSA) is 114 Å². The Morgan fingerprint density at radius 1 is 1.38 bits per heavy atom. The zero-order valence-electron chi connectivity index (χ0n) is 12.3. The molecule has 0 aliphatic heterocycles. The number of aromatic nitrogens is 2. The fourth-order valence-electron chi connectivity index (χ4n) is 1.96. The van der Waals surface area contributed by atoms with Crippen LogP contribution in [0.2, 0.25) is 0 Å². The first-order chi connectivity index (χ1) is 11.5. The highest BCUT2D eigenvalue weighted by atomic mass is 35.5. The Bertz CT molecular complexity index is 681. The van der Waals surface area contributed by atoms with Crippen molar-refractivity contribution in [1.82, 2.24) is 15.5 Å². The maximum absolute atomic E-state index is 13.1. The van der Waals surface area contributed by atoms with Crippen molar-refractivity contribution in [3.8, 4) is 11.5 Å². The van der Waals surface area contributed by atoms with Gasteiger partial charge in [-0.3, -0.25) is 4.79 Å². The van der Waals surface area contributed by atoms with Gasteiger partial charge in [-0.25, -0.2) is 4.39 Å². The lowest BCUT2D eigenvalue weighted by atomic mass is 10.0. The number of benzene rings is 1. The number of hydrogen-bond donors (Lipinski definition) is 3. The summed E-state index contributed by atoms with van der Waals surface area (Å²) in [6, 6.07) is 5.18. The zero-order valence-corrected chi connectivity index (χ0v) is 13.8. The average Bonchev–Trinajstić information content (AvgIpc) is 3.08. The van der Waals surface area contributed by atoms with Crippen molar-refractivity contribution in [2.24, 2.45) is 5.73 Å². The highest BCUT2D eigenvalue weighted by molar-refractivity contribution is 6.53. The van der Waals surface area contributed by atoms with E-state index in [4.69, 9.17) is 33.5 Å². The third-order valence-corrected chi connectivity index (χ3v) is 3.62. The molecule has 0 radical (unpaired) electrons. The van der Waals surface area contributed by atoms with Crippen molar-refractivity contribution in [2.75, 3.05) is 6.67 Å². The molecule has 0 aliphatic rings. The van der Waals surface area contributed by atoms with Crippen molar-refractivity contribution < 1.29 is 18.8 Å². The lowest BCUT2D eigenvalue weighted by Crippen LogP contribution is -2.43. The summed E-state index contributed by atoms with van der Waals surface area (Å²) in [7, 11) is 0. The number of aliphatic hydroxyl groups is 1. The first-order valence-electron chi connectivity index (χ1n) is 6.91. The summed E-state index contributed by atoms with van der Waals surface area (Å²) in [4.78, 5) is 14.2. The van der Waals surface area contributed by atoms with E-state index in [9.17, 15) is 14.3 Å². The number of halogens is 3. The number of aliphatic hydroxyl groups excluding tert-OH is 1. The van der Waals surface area contributed by atoms with Crippen molar-refractivity contribution in [3.63, 3.8) is 0 Å². The van der Waals surface area contributed by atoms with Crippen molar-refractivity contribution in [3.05, 3.63) is 35.7 Å². The molecule has 1 aromatic carbocycles. The molecule has 4 N–H and O–H groups in total. The summed E-state index contributed by atoms with van der Waals surface area (Å²) in [5.41, 5.74) is 6.41. The molecule has 0 bridgehead atoms. The second-order valence-corrected chi connectivity index (χ2v) is 5.95. The Balaban J connectivity index is 2.12. The van der Waals surface area contributed by atoms with Gasteiger partial charge in [0.2, 0.25) is 0 Å². The maximum atomic E-state index is 13.1. The number of carbonyl (C=O) groups excluding carboxylic acids is 1. The molecule has 1 heterocycles. The summed E-state index contributed by atoms with van der Waals surface area (Å²) in [5.74, 6) is -0.137. The number of nitrogens with two attached hydrogens (primary N) is 1. The number of nitrogens with zero attached hydrogens (tertiary/aromatic N) is 2. The smallest absolute Gasteiger partial charge is 0.257 e. The molecule has 2 atom stereocenters. The molecule has 1 amide bonds. The number of nitrogens with one attached hydrogen (secondary N) is 1. The zero-order chi connectivity index (χ0) is 17.7. The summed E-state index contributed by atoms with van der Waals surface area (Å²) >= 11 is 10.8. The minimum Gasteiger partial charge on any atom is -0.386 e. The largest absolute Gasteiger partial charge is 0.386 e. The predicted octanol–water partition coefficient (Wildman–Crippen LogP) is 1.49. The van der Waals surface area contributed by atoms with Crippen LogP contribution >= 0.6 is 23.2 Å². The number of alkyl halides is 3. The molecule has 0 saturated heterocycles. The van der Waals surface area contributed by atoms with Crippen LogP contribution in [0.15, 0.2) is 28.8 Å². The Labute approximate surface area is 146 Å².